The molecule has 78 valence electrons. The zero-order valence-corrected chi connectivity index (χ0v) is 9.70. The summed E-state index contributed by atoms with van der Waals surface area (Å²) in [6.45, 7) is 0. The molecule has 1 heterocycles. The van der Waals surface area contributed by atoms with Gasteiger partial charge in [0, 0.05) is 10.9 Å². The molecule has 0 spiro atoms. The molecule has 0 unspecified atom stereocenters. The van der Waals surface area contributed by atoms with Gasteiger partial charge in [-0.1, -0.05) is 33.2 Å². The van der Waals surface area contributed by atoms with Gasteiger partial charge in [-0.15, -0.1) is 0 Å². The van der Waals surface area contributed by atoms with Crippen molar-refractivity contribution in [1.82, 2.24) is 5.16 Å². The molecule has 0 aliphatic heterocycles. The number of rotatable bonds is 3. The minimum Gasteiger partial charge on any atom is -0.395 e. The Morgan fingerprint density at radius 1 is 1.33 bits per heavy atom. The van der Waals surface area contributed by atoms with E-state index >= 15 is 0 Å². The van der Waals surface area contributed by atoms with Crippen LogP contribution in [0.1, 0.15) is 11.3 Å². The van der Waals surface area contributed by atoms with Crippen molar-refractivity contribution in [2.45, 2.75) is 12.8 Å². The summed E-state index contributed by atoms with van der Waals surface area (Å²) in [6, 6.07) is 8.19. The predicted octanol–water partition coefficient (Wildman–Crippen LogP) is 2.80. The van der Waals surface area contributed by atoms with Gasteiger partial charge in [0.05, 0.1) is 11.9 Å². The first-order valence-electron chi connectivity index (χ1n) is 4.69. The normalized spacial score (nSPS) is 10.5. The molecule has 0 aliphatic rings. The summed E-state index contributed by atoms with van der Waals surface area (Å²) in [5.41, 5.74) is 7.55. The van der Waals surface area contributed by atoms with Crippen molar-refractivity contribution in [3.8, 4) is 0 Å². The third kappa shape index (κ3) is 2.59. The standard InChI is InChI=1S/C11H11BrN2O/c12-9-3-1-2-8(6-9)4-5-11-10(13)7-14-15-11/h1-3,6-7H,4-5,13H2. The number of aromatic nitrogens is 1. The number of halogens is 1. The van der Waals surface area contributed by atoms with Gasteiger partial charge < -0.3 is 10.3 Å². The summed E-state index contributed by atoms with van der Waals surface area (Å²) in [5, 5.41) is 3.64. The van der Waals surface area contributed by atoms with E-state index in [0.29, 0.717) is 5.69 Å². The van der Waals surface area contributed by atoms with Crippen molar-refractivity contribution in [3.05, 3.63) is 46.3 Å². The van der Waals surface area contributed by atoms with Crippen LogP contribution in [0, 0.1) is 0 Å². The monoisotopic (exact) mass is 266 g/mol. The van der Waals surface area contributed by atoms with Crippen LogP contribution in [-0.4, -0.2) is 5.16 Å². The average Bonchev–Trinajstić information content (AvgIpc) is 2.61. The number of anilines is 1. The summed E-state index contributed by atoms with van der Waals surface area (Å²) >= 11 is 3.43. The molecule has 2 N–H and O–H groups in total. The van der Waals surface area contributed by atoms with Gasteiger partial charge in [-0.05, 0) is 24.1 Å². The van der Waals surface area contributed by atoms with Crippen LogP contribution < -0.4 is 5.73 Å². The largest absolute Gasteiger partial charge is 0.395 e. The number of hydrogen-bond acceptors (Lipinski definition) is 3. The SMILES string of the molecule is Nc1cnoc1CCc1cccc(Br)c1. The molecule has 4 heteroatoms. The van der Waals surface area contributed by atoms with E-state index in [-0.39, 0.29) is 0 Å². The molecule has 0 atom stereocenters. The number of nitrogens with zero attached hydrogens (tertiary/aromatic N) is 1. The van der Waals surface area contributed by atoms with Crippen LogP contribution in [0.15, 0.2) is 39.5 Å². The molecule has 0 radical (unpaired) electrons. The van der Waals surface area contributed by atoms with Gasteiger partial charge in [-0.3, -0.25) is 0 Å². The molecule has 0 fully saturated rings. The Morgan fingerprint density at radius 3 is 2.87 bits per heavy atom. The predicted molar refractivity (Wildman–Crippen MR) is 62.5 cm³/mol. The van der Waals surface area contributed by atoms with Crippen LogP contribution in [-0.2, 0) is 12.8 Å². The van der Waals surface area contributed by atoms with Crippen LogP contribution in [0.4, 0.5) is 5.69 Å². The fourth-order valence-electron chi connectivity index (χ4n) is 1.41. The van der Waals surface area contributed by atoms with Crippen molar-refractivity contribution in [2.24, 2.45) is 0 Å². The van der Waals surface area contributed by atoms with Gasteiger partial charge in [0.1, 0.15) is 0 Å². The van der Waals surface area contributed by atoms with E-state index in [9.17, 15) is 0 Å². The minimum absolute atomic E-state index is 0.630. The molecule has 1 aromatic carbocycles. The second kappa shape index (κ2) is 4.49. The summed E-state index contributed by atoms with van der Waals surface area (Å²) < 4.78 is 6.12. The zero-order valence-electron chi connectivity index (χ0n) is 8.11. The van der Waals surface area contributed by atoms with Gasteiger partial charge >= 0.3 is 0 Å². The topological polar surface area (TPSA) is 52.0 Å². The highest BCUT2D eigenvalue weighted by atomic mass is 79.9. The Balaban J connectivity index is 2.02. The van der Waals surface area contributed by atoms with Crippen LogP contribution in [0.25, 0.3) is 0 Å². The van der Waals surface area contributed by atoms with Crippen molar-refractivity contribution in [1.29, 1.82) is 0 Å². The third-order valence-electron chi connectivity index (χ3n) is 2.21. The molecule has 1 aromatic heterocycles. The number of aryl methyl sites for hydroxylation is 2. The van der Waals surface area contributed by atoms with Crippen LogP contribution in [0.5, 0.6) is 0 Å². The van der Waals surface area contributed by atoms with E-state index in [4.69, 9.17) is 10.3 Å². The van der Waals surface area contributed by atoms with Gasteiger partial charge in [-0.2, -0.15) is 0 Å². The lowest BCUT2D eigenvalue weighted by atomic mass is 10.1. The molecule has 0 saturated heterocycles. The Bertz CT molecular complexity index is 453. The molecule has 0 bridgehead atoms. The van der Waals surface area contributed by atoms with E-state index in [1.54, 1.807) is 0 Å². The van der Waals surface area contributed by atoms with Crippen molar-refractivity contribution >= 4 is 21.6 Å². The molecule has 15 heavy (non-hydrogen) atoms. The quantitative estimate of drug-likeness (QED) is 0.930. The smallest absolute Gasteiger partial charge is 0.159 e. The van der Waals surface area contributed by atoms with Crippen LogP contribution in [0.2, 0.25) is 0 Å². The minimum atomic E-state index is 0.630. The van der Waals surface area contributed by atoms with Crippen molar-refractivity contribution in [2.75, 3.05) is 5.73 Å². The number of nitrogen functional groups attached to an aromatic ring is 1. The van der Waals surface area contributed by atoms with E-state index in [1.165, 1.54) is 11.8 Å². The fraction of sp³-hybridized carbons (Fsp3) is 0.182. The van der Waals surface area contributed by atoms with Crippen LogP contribution in [0.3, 0.4) is 0 Å². The maximum absolute atomic E-state index is 5.67. The summed E-state index contributed by atoms with van der Waals surface area (Å²) in [6.07, 6.45) is 3.22. The highest BCUT2D eigenvalue weighted by Gasteiger charge is 2.04. The number of nitrogens with two attached hydrogens (primary N) is 1. The summed E-state index contributed by atoms with van der Waals surface area (Å²) in [5.74, 6) is 0.759. The molecular formula is C11H11BrN2O. The molecule has 0 amide bonds. The summed E-state index contributed by atoms with van der Waals surface area (Å²) in [7, 11) is 0. The second-order valence-corrected chi connectivity index (χ2v) is 4.25. The lowest BCUT2D eigenvalue weighted by molar-refractivity contribution is 0.384. The highest BCUT2D eigenvalue weighted by molar-refractivity contribution is 9.10. The first kappa shape index (κ1) is 10.2. The molecule has 3 nitrogen and oxygen atoms in total. The zero-order chi connectivity index (χ0) is 10.7. The first-order chi connectivity index (χ1) is 7.25. The van der Waals surface area contributed by atoms with E-state index < -0.39 is 0 Å². The van der Waals surface area contributed by atoms with Gasteiger partial charge in [-0.25, -0.2) is 0 Å². The first-order valence-corrected chi connectivity index (χ1v) is 5.48. The Hall–Kier alpha value is -1.29. The third-order valence-corrected chi connectivity index (χ3v) is 2.70. The average molecular weight is 267 g/mol. The Kier molecular flexibility index (Phi) is 3.06. The molecule has 0 aliphatic carbocycles. The van der Waals surface area contributed by atoms with Crippen molar-refractivity contribution < 1.29 is 4.52 Å². The Morgan fingerprint density at radius 2 is 2.20 bits per heavy atom. The molecule has 2 aromatic rings. The fourth-order valence-corrected chi connectivity index (χ4v) is 1.86. The number of hydrogen-bond donors (Lipinski definition) is 1. The Labute approximate surface area is 96.4 Å². The van der Waals surface area contributed by atoms with Crippen LogP contribution >= 0.6 is 15.9 Å². The van der Waals surface area contributed by atoms with Crippen molar-refractivity contribution in [3.63, 3.8) is 0 Å². The lowest BCUT2D eigenvalue weighted by Crippen LogP contribution is -1.93. The maximum atomic E-state index is 5.67. The van der Waals surface area contributed by atoms with Gasteiger partial charge in [0.2, 0.25) is 0 Å². The van der Waals surface area contributed by atoms with E-state index in [1.807, 2.05) is 12.1 Å². The van der Waals surface area contributed by atoms with E-state index in [0.717, 1.165) is 23.1 Å². The van der Waals surface area contributed by atoms with Gasteiger partial charge in [0.15, 0.2) is 5.76 Å². The lowest BCUT2D eigenvalue weighted by Gasteiger charge is -2.00. The second-order valence-electron chi connectivity index (χ2n) is 3.33. The molecule has 0 saturated carbocycles. The maximum Gasteiger partial charge on any atom is 0.159 e. The van der Waals surface area contributed by atoms with E-state index in [2.05, 4.69) is 33.2 Å². The molecule has 2 rings (SSSR count). The number of benzene rings is 1. The molecular weight excluding hydrogens is 256 g/mol. The summed E-state index contributed by atoms with van der Waals surface area (Å²) in [4.78, 5) is 0. The highest BCUT2D eigenvalue weighted by Crippen LogP contribution is 2.16. The van der Waals surface area contributed by atoms with Gasteiger partial charge in [0.25, 0.3) is 0 Å².